The maximum atomic E-state index is 12.7. The molecule has 4 nitrogen and oxygen atoms in total. The van der Waals surface area contributed by atoms with Crippen LogP contribution in [0.15, 0.2) is 54.6 Å². The van der Waals surface area contributed by atoms with Crippen molar-refractivity contribution in [2.24, 2.45) is 0 Å². The molecule has 2 N–H and O–H groups in total. The molecule has 2 amide bonds. The highest BCUT2D eigenvalue weighted by molar-refractivity contribution is 5.98. The summed E-state index contributed by atoms with van der Waals surface area (Å²) in [5.74, 6) is -0.416. The second kappa shape index (κ2) is 7.34. The smallest absolute Gasteiger partial charge is 0.247 e. The van der Waals surface area contributed by atoms with E-state index in [-0.39, 0.29) is 11.8 Å². The number of hydrogen-bond acceptors (Lipinski definition) is 2. The Labute approximate surface area is 148 Å². The molecule has 0 heterocycles. The first kappa shape index (κ1) is 17.0. The zero-order chi connectivity index (χ0) is 17.8. The van der Waals surface area contributed by atoms with Crippen LogP contribution in [0.3, 0.4) is 0 Å². The van der Waals surface area contributed by atoms with Crippen molar-refractivity contribution in [3.63, 3.8) is 0 Å². The van der Waals surface area contributed by atoms with E-state index in [2.05, 4.69) is 28.8 Å². The van der Waals surface area contributed by atoms with Gasteiger partial charge in [-0.05, 0) is 42.2 Å². The Morgan fingerprint density at radius 1 is 1.08 bits per heavy atom. The summed E-state index contributed by atoms with van der Waals surface area (Å²) in [7, 11) is 0. The summed E-state index contributed by atoms with van der Waals surface area (Å²) in [6.07, 6.45) is 3.49. The number of benzene rings is 2. The maximum absolute atomic E-state index is 12.7. The third kappa shape index (κ3) is 4.15. The van der Waals surface area contributed by atoms with E-state index >= 15 is 0 Å². The van der Waals surface area contributed by atoms with Gasteiger partial charge in [0.25, 0.3) is 0 Å². The lowest BCUT2D eigenvalue weighted by Gasteiger charge is -2.19. The summed E-state index contributed by atoms with van der Waals surface area (Å²) < 4.78 is 0. The van der Waals surface area contributed by atoms with E-state index < -0.39 is 6.04 Å². The third-order valence-corrected chi connectivity index (χ3v) is 4.37. The highest BCUT2D eigenvalue weighted by Gasteiger charge is 2.24. The Kier molecular flexibility index (Phi) is 4.98. The van der Waals surface area contributed by atoms with Gasteiger partial charge in [0.2, 0.25) is 11.8 Å². The number of nitrogens with one attached hydrogen (secondary N) is 2. The molecule has 0 radical (unpaired) electrons. The average Bonchev–Trinajstić information content (AvgIpc) is 2.99. The van der Waals surface area contributed by atoms with Crippen LogP contribution in [0, 0.1) is 6.92 Å². The molecule has 3 rings (SSSR count). The quantitative estimate of drug-likeness (QED) is 0.880. The van der Waals surface area contributed by atoms with Gasteiger partial charge in [0, 0.05) is 19.0 Å². The van der Waals surface area contributed by atoms with Crippen LogP contribution in [-0.4, -0.2) is 17.9 Å². The van der Waals surface area contributed by atoms with Crippen molar-refractivity contribution >= 4 is 23.1 Å². The molecule has 25 heavy (non-hydrogen) atoms. The molecule has 1 unspecified atom stereocenters. The third-order valence-electron chi connectivity index (χ3n) is 4.37. The molecule has 1 aliphatic rings. The van der Waals surface area contributed by atoms with Crippen molar-refractivity contribution in [2.45, 2.75) is 32.7 Å². The first-order valence-corrected chi connectivity index (χ1v) is 8.45. The summed E-state index contributed by atoms with van der Waals surface area (Å²) in [6, 6.07) is 15.2. The molecular weight excluding hydrogens is 312 g/mol. The van der Waals surface area contributed by atoms with Crippen LogP contribution in [0.1, 0.15) is 30.0 Å². The number of anilines is 1. The Morgan fingerprint density at radius 2 is 1.80 bits per heavy atom. The maximum Gasteiger partial charge on any atom is 0.247 e. The molecule has 0 aliphatic heterocycles. The number of carbonyl (C=O) groups excluding carboxylic acids is 2. The van der Waals surface area contributed by atoms with Gasteiger partial charge in [-0.1, -0.05) is 48.0 Å². The Balaban J connectivity index is 1.74. The van der Waals surface area contributed by atoms with Crippen molar-refractivity contribution < 1.29 is 9.59 Å². The van der Waals surface area contributed by atoms with Crippen molar-refractivity contribution in [3.05, 3.63) is 71.3 Å². The Morgan fingerprint density at radius 3 is 2.52 bits per heavy atom. The zero-order valence-corrected chi connectivity index (χ0v) is 14.5. The largest absolute Gasteiger partial charge is 0.344 e. The highest BCUT2D eigenvalue weighted by atomic mass is 16.2. The van der Waals surface area contributed by atoms with Gasteiger partial charge in [0.05, 0.1) is 0 Å². The lowest BCUT2D eigenvalue weighted by atomic mass is 9.99. The number of fused-ring (bicyclic) bond motifs is 1. The second-order valence-corrected chi connectivity index (χ2v) is 6.40. The van der Waals surface area contributed by atoms with Gasteiger partial charge in [-0.15, -0.1) is 0 Å². The number of rotatable bonds is 5. The topological polar surface area (TPSA) is 58.2 Å². The first-order chi connectivity index (χ1) is 12.0. The van der Waals surface area contributed by atoms with Gasteiger partial charge in [-0.25, -0.2) is 0 Å². The van der Waals surface area contributed by atoms with E-state index in [4.69, 9.17) is 0 Å². The number of aryl methyl sites for hydroxylation is 1. The summed E-state index contributed by atoms with van der Waals surface area (Å²) in [4.78, 5) is 24.2. The second-order valence-electron chi connectivity index (χ2n) is 6.40. The lowest BCUT2D eigenvalue weighted by molar-refractivity contribution is -0.125. The fourth-order valence-electron chi connectivity index (χ4n) is 3.09. The fourth-order valence-corrected chi connectivity index (χ4v) is 3.09. The van der Waals surface area contributed by atoms with E-state index in [1.807, 2.05) is 43.3 Å². The first-order valence-electron chi connectivity index (χ1n) is 8.45. The molecule has 0 fully saturated rings. The molecule has 0 spiro atoms. The van der Waals surface area contributed by atoms with Gasteiger partial charge in [0.1, 0.15) is 6.04 Å². The predicted octanol–water partition coefficient (Wildman–Crippen LogP) is 3.47. The van der Waals surface area contributed by atoms with Crippen LogP contribution >= 0.6 is 0 Å². The molecule has 0 aromatic heterocycles. The van der Waals surface area contributed by atoms with Gasteiger partial charge >= 0.3 is 0 Å². The molecule has 2 aromatic carbocycles. The molecular formula is C21H22N2O2. The van der Waals surface area contributed by atoms with Crippen molar-refractivity contribution in [1.29, 1.82) is 0 Å². The van der Waals surface area contributed by atoms with Crippen LogP contribution in [-0.2, 0) is 16.0 Å². The van der Waals surface area contributed by atoms with Gasteiger partial charge < -0.3 is 10.6 Å². The minimum absolute atomic E-state index is 0.204. The molecule has 0 saturated heterocycles. The standard InChI is InChI=1S/C21H22N2O2/c1-14-7-11-18(12-8-14)23-21(25)20(22-15(2)24)13-17-10-9-16-5-3-4-6-19(16)17/h3-8,10-12,20H,9,13H2,1-2H3,(H,22,24)(H,23,25). The zero-order valence-electron chi connectivity index (χ0n) is 14.5. The van der Waals surface area contributed by atoms with Crippen molar-refractivity contribution in [1.82, 2.24) is 5.32 Å². The lowest BCUT2D eigenvalue weighted by Crippen LogP contribution is -2.43. The Bertz CT molecular complexity index is 822. The number of carbonyl (C=O) groups is 2. The predicted molar refractivity (Wildman–Crippen MR) is 100 cm³/mol. The molecule has 128 valence electrons. The van der Waals surface area contributed by atoms with Gasteiger partial charge in [-0.3, -0.25) is 9.59 Å². The summed E-state index contributed by atoms with van der Waals surface area (Å²) in [5, 5.41) is 5.67. The van der Waals surface area contributed by atoms with Crippen LogP contribution < -0.4 is 10.6 Å². The minimum Gasteiger partial charge on any atom is -0.344 e. The molecule has 2 aromatic rings. The minimum atomic E-state index is -0.601. The monoisotopic (exact) mass is 334 g/mol. The Hall–Kier alpha value is -2.88. The van der Waals surface area contributed by atoms with Crippen LogP contribution in [0.2, 0.25) is 0 Å². The van der Waals surface area contributed by atoms with Crippen molar-refractivity contribution in [3.8, 4) is 0 Å². The number of hydrogen-bond donors (Lipinski definition) is 2. The number of allylic oxidation sites excluding steroid dienone is 1. The van der Waals surface area contributed by atoms with E-state index in [1.54, 1.807) is 0 Å². The van der Waals surface area contributed by atoms with E-state index in [0.717, 1.165) is 23.2 Å². The van der Waals surface area contributed by atoms with Crippen LogP contribution in [0.25, 0.3) is 5.57 Å². The number of amides is 2. The molecule has 0 saturated carbocycles. The van der Waals surface area contributed by atoms with Crippen molar-refractivity contribution in [2.75, 3.05) is 5.32 Å². The normalized spacial score (nSPS) is 13.6. The molecule has 1 atom stereocenters. The average molecular weight is 334 g/mol. The molecule has 1 aliphatic carbocycles. The summed E-state index contributed by atoms with van der Waals surface area (Å²) in [6.45, 7) is 3.43. The van der Waals surface area contributed by atoms with Gasteiger partial charge in [-0.2, -0.15) is 0 Å². The van der Waals surface area contributed by atoms with E-state index in [1.165, 1.54) is 18.1 Å². The molecule has 4 heteroatoms. The summed E-state index contributed by atoms with van der Waals surface area (Å²) >= 11 is 0. The highest BCUT2D eigenvalue weighted by Crippen LogP contribution is 2.30. The van der Waals surface area contributed by atoms with Crippen LogP contribution in [0.5, 0.6) is 0 Å². The van der Waals surface area contributed by atoms with Gasteiger partial charge in [0.15, 0.2) is 0 Å². The molecule has 0 bridgehead atoms. The SMILES string of the molecule is CC(=O)NC(CC1=CCc2ccccc21)C(=O)Nc1ccc(C)cc1. The van der Waals surface area contributed by atoms with E-state index in [9.17, 15) is 9.59 Å². The van der Waals surface area contributed by atoms with Crippen LogP contribution in [0.4, 0.5) is 5.69 Å². The fraction of sp³-hybridized carbons (Fsp3) is 0.238. The van der Waals surface area contributed by atoms with E-state index in [0.29, 0.717) is 6.42 Å². The summed E-state index contributed by atoms with van der Waals surface area (Å²) in [5.41, 5.74) is 5.39.